The van der Waals surface area contributed by atoms with Crippen molar-refractivity contribution in [2.45, 2.75) is 31.8 Å². The van der Waals surface area contributed by atoms with E-state index in [2.05, 4.69) is 32.7 Å². The predicted octanol–water partition coefficient (Wildman–Crippen LogP) is 2.82. The molecule has 0 saturated carbocycles. The largest absolute Gasteiger partial charge is 0.478 e. The van der Waals surface area contributed by atoms with E-state index in [-0.39, 0.29) is 0 Å². The lowest BCUT2D eigenvalue weighted by Gasteiger charge is -2.44. The zero-order chi connectivity index (χ0) is 14.3. The number of carboxylic acids is 1. The number of nitrogens with zero attached hydrogens (tertiary/aromatic N) is 2. The zero-order valence-corrected chi connectivity index (χ0v) is 13.1. The van der Waals surface area contributed by atoms with Crippen molar-refractivity contribution in [3.8, 4) is 0 Å². The van der Waals surface area contributed by atoms with Gasteiger partial charge >= 0.3 is 5.97 Å². The molecule has 2 aliphatic heterocycles. The molecule has 2 aliphatic rings. The van der Waals surface area contributed by atoms with Gasteiger partial charge in [-0.2, -0.15) is 0 Å². The first-order chi connectivity index (χ1) is 9.56. The summed E-state index contributed by atoms with van der Waals surface area (Å²) in [5, 5.41) is 9.04. The summed E-state index contributed by atoms with van der Waals surface area (Å²) in [7, 11) is 0. The van der Waals surface area contributed by atoms with Gasteiger partial charge in [0, 0.05) is 29.6 Å². The van der Waals surface area contributed by atoms with Crippen LogP contribution in [0.5, 0.6) is 0 Å². The number of hydrogen-bond acceptors (Lipinski definition) is 3. The molecule has 0 spiro atoms. The lowest BCUT2D eigenvalue weighted by Crippen LogP contribution is -2.55. The molecule has 2 unspecified atom stereocenters. The molecular formula is C15H19BrN2O2. The molecular weight excluding hydrogens is 320 g/mol. The first-order valence-electron chi connectivity index (χ1n) is 7.10. The number of carboxylic acid groups (broad SMARTS) is 1. The molecule has 2 atom stereocenters. The van der Waals surface area contributed by atoms with E-state index in [9.17, 15) is 4.79 Å². The van der Waals surface area contributed by atoms with Crippen LogP contribution in [0.1, 0.15) is 30.1 Å². The maximum absolute atomic E-state index is 11.0. The van der Waals surface area contributed by atoms with Crippen molar-refractivity contribution >= 4 is 27.6 Å². The second-order valence-corrected chi connectivity index (χ2v) is 6.62. The number of benzene rings is 1. The normalized spacial score (nSPS) is 26.6. The highest BCUT2D eigenvalue weighted by Gasteiger charge is 2.34. The van der Waals surface area contributed by atoms with Crippen molar-refractivity contribution in [1.82, 2.24) is 4.90 Å². The molecule has 20 heavy (non-hydrogen) atoms. The number of aromatic carboxylic acids is 1. The van der Waals surface area contributed by atoms with E-state index in [1.54, 1.807) is 12.1 Å². The Labute approximate surface area is 127 Å². The van der Waals surface area contributed by atoms with E-state index in [0.29, 0.717) is 17.6 Å². The van der Waals surface area contributed by atoms with Gasteiger partial charge in [-0.1, -0.05) is 0 Å². The Morgan fingerprint density at radius 3 is 2.90 bits per heavy atom. The van der Waals surface area contributed by atoms with Crippen LogP contribution in [0.3, 0.4) is 0 Å². The van der Waals surface area contributed by atoms with Crippen molar-refractivity contribution in [3.63, 3.8) is 0 Å². The second kappa shape index (κ2) is 5.37. The van der Waals surface area contributed by atoms with Crippen molar-refractivity contribution < 1.29 is 9.90 Å². The lowest BCUT2D eigenvalue weighted by molar-refractivity contribution is 0.0697. The highest BCUT2D eigenvalue weighted by molar-refractivity contribution is 9.10. The van der Waals surface area contributed by atoms with Crippen LogP contribution in [0, 0.1) is 0 Å². The minimum Gasteiger partial charge on any atom is -0.478 e. The topological polar surface area (TPSA) is 43.8 Å². The van der Waals surface area contributed by atoms with Crippen LogP contribution in [-0.4, -0.2) is 47.7 Å². The van der Waals surface area contributed by atoms with Crippen LogP contribution in [0.15, 0.2) is 22.7 Å². The van der Waals surface area contributed by atoms with E-state index >= 15 is 0 Å². The number of anilines is 1. The minimum absolute atomic E-state index is 0.327. The Bertz CT molecular complexity index is 535. The van der Waals surface area contributed by atoms with Crippen molar-refractivity contribution in [2.75, 3.05) is 24.5 Å². The van der Waals surface area contributed by atoms with E-state index in [0.717, 1.165) is 23.2 Å². The summed E-state index contributed by atoms with van der Waals surface area (Å²) in [6.45, 7) is 5.60. The zero-order valence-electron chi connectivity index (χ0n) is 11.6. The summed E-state index contributed by atoms with van der Waals surface area (Å²) in [5.41, 5.74) is 1.43. The summed E-state index contributed by atoms with van der Waals surface area (Å²) < 4.78 is 0.871. The standard InChI is InChI=1S/C15H19BrN2O2/c1-10-8-17-6-2-3-12(17)9-18(10)14-5-4-11(15(19)20)7-13(14)16/h4-5,7,10,12H,2-3,6,8-9H2,1H3,(H,19,20). The van der Waals surface area contributed by atoms with Gasteiger partial charge in [-0.05, 0) is 60.4 Å². The molecule has 0 amide bonds. The minimum atomic E-state index is -0.883. The molecule has 3 rings (SSSR count). The maximum atomic E-state index is 11.0. The van der Waals surface area contributed by atoms with E-state index in [4.69, 9.17) is 5.11 Å². The van der Waals surface area contributed by atoms with Crippen LogP contribution < -0.4 is 4.90 Å². The Balaban J connectivity index is 1.86. The Kier molecular flexibility index (Phi) is 3.73. The van der Waals surface area contributed by atoms with Gasteiger partial charge in [0.25, 0.3) is 0 Å². The Morgan fingerprint density at radius 2 is 2.20 bits per heavy atom. The van der Waals surface area contributed by atoms with E-state index < -0.39 is 5.97 Å². The Morgan fingerprint density at radius 1 is 1.40 bits per heavy atom. The van der Waals surface area contributed by atoms with Crippen LogP contribution in [-0.2, 0) is 0 Å². The summed E-state index contributed by atoms with van der Waals surface area (Å²) in [5.74, 6) is -0.883. The fourth-order valence-electron chi connectivity index (χ4n) is 3.40. The average molecular weight is 339 g/mol. The van der Waals surface area contributed by atoms with Gasteiger partial charge in [0.15, 0.2) is 0 Å². The highest BCUT2D eigenvalue weighted by Crippen LogP contribution is 2.33. The SMILES string of the molecule is CC1CN2CCCC2CN1c1ccc(C(=O)O)cc1Br. The molecule has 0 aromatic heterocycles. The molecule has 2 heterocycles. The number of hydrogen-bond donors (Lipinski definition) is 1. The van der Waals surface area contributed by atoms with Crippen LogP contribution in [0.2, 0.25) is 0 Å². The summed E-state index contributed by atoms with van der Waals surface area (Å²) >= 11 is 3.53. The molecule has 2 saturated heterocycles. The number of fused-ring (bicyclic) bond motifs is 1. The van der Waals surface area contributed by atoms with E-state index in [1.165, 1.54) is 19.4 Å². The van der Waals surface area contributed by atoms with Gasteiger partial charge in [-0.25, -0.2) is 4.79 Å². The third kappa shape index (κ3) is 2.44. The summed E-state index contributed by atoms with van der Waals surface area (Å²) in [6.07, 6.45) is 2.57. The molecule has 1 aromatic carbocycles. The third-order valence-corrected chi connectivity index (χ3v) is 5.08. The van der Waals surface area contributed by atoms with Crippen LogP contribution >= 0.6 is 15.9 Å². The van der Waals surface area contributed by atoms with Gasteiger partial charge in [0.2, 0.25) is 0 Å². The van der Waals surface area contributed by atoms with Crippen molar-refractivity contribution in [2.24, 2.45) is 0 Å². The van der Waals surface area contributed by atoms with Gasteiger partial charge in [-0.15, -0.1) is 0 Å². The fraction of sp³-hybridized carbons (Fsp3) is 0.533. The first-order valence-corrected chi connectivity index (χ1v) is 7.89. The quantitative estimate of drug-likeness (QED) is 0.900. The Hall–Kier alpha value is -1.07. The van der Waals surface area contributed by atoms with Crippen LogP contribution in [0.25, 0.3) is 0 Å². The lowest BCUT2D eigenvalue weighted by atomic mass is 10.1. The van der Waals surface area contributed by atoms with Crippen molar-refractivity contribution in [1.29, 1.82) is 0 Å². The molecule has 0 aliphatic carbocycles. The fourth-order valence-corrected chi connectivity index (χ4v) is 4.00. The molecule has 2 fully saturated rings. The molecule has 0 bridgehead atoms. The summed E-state index contributed by atoms with van der Waals surface area (Å²) in [6, 6.07) is 6.42. The first kappa shape index (κ1) is 13.9. The van der Waals surface area contributed by atoms with Crippen LogP contribution in [0.4, 0.5) is 5.69 Å². The van der Waals surface area contributed by atoms with Gasteiger partial charge < -0.3 is 10.0 Å². The molecule has 0 radical (unpaired) electrons. The van der Waals surface area contributed by atoms with Crippen molar-refractivity contribution in [3.05, 3.63) is 28.2 Å². The highest BCUT2D eigenvalue weighted by atomic mass is 79.9. The number of rotatable bonds is 2. The average Bonchev–Trinajstić information content (AvgIpc) is 2.84. The number of piperazine rings is 1. The maximum Gasteiger partial charge on any atom is 0.335 e. The molecule has 4 nitrogen and oxygen atoms in total. The van der Waals surface area contributed by atoms with E-state index in [1.807, 2.05) is 6.07 Å². The molecule has 1 N–H and O–H groups in total. The molecule has 108 valence electrons. The molecule has 1 aromatic rings. The van der Waals surface area contributed by atoms with Gasteiger partial charge in [-0.3, -0.25) is 4.90 Å². The molecule has 5 heteroatoms. The predicted molar refractivity (Wildman–Crippen MR) is 82.5 cm³/mol. The number of halogens is 1. The monoisotopic (exact) mass is 338 g/mol. The summed E-state index contributed by atoms with van der Waals surface area (Å²) in [4.78, 5) is 16.0. The third-order valence-electron chi connectivity index (χ3n) is 4.44. The number of carbonyl (C=O) groups is 1. The van der Waals surface area contributed by atoms with Gasteiger partial charge in [0.1, 0.15) is 0 Å². The smallest absolute Gasteiger partial charge is 0.335 e. The second-order valence-electron chi connectivity index (χ2n) is 5.76. The van der Waals surface area contributed by atoms with Gasteiger partial charge in [0.05, 0.1) is 11.3 Å².